The van der Waals surface area contributed by atoms with E-state index < -0.39 is 6.73 Å². The van der Waals surface area contributed by atoms with Gasteiger partial charge >= 0.3 is 6.03 Å². The van der Waals surface area contributed by atoms with Crippen LogP contribution in [0.5, 0.6) is 0 Å². The van der Waals surface area contributed by atoms with Crippen molar-refractivity contribution in [3.8, 4) is 0 Å². The van der Waals surface area contributed by atoms with Crippen molar-refractivity contribution in [1.82, 2.24) is 9.80 Å². The molecule has 5 nitrogen and oxygen atoms in total. The van der Waals surface area contributed by atoms with E-state index in [9.17, 15) is 9.59 Å². The molecule has 1 heterocycles. The van der Waals surface area contributed by atoms with Gasteiger partial charge in [-0.05, 0) is 6.42 Å². The Bertz CT molecular complexity index is 205. The maximum absolute atomic E-state index is 11.2. The first-order valence-electron chi connectivity index (χ1n) is 3.90. The van der Waals surface area contributed by atoms with Gasteiger partial charge in [0.25, 0.3) is 5.91 Å². The third kappa shape index (κ3) is 1.40. The molecule has 1 aliphatic heterocycles. The van der Waals surface area contributed by atoms with Crippen molar-refractivity contribution in [1.29, 1.82) is 0 Å². The molecule has 12 heavy (non-hydrogen) atoms. The minimum absolute atomic E-state index is 0.104. The van der Waals surface area contributed by atoms with Crippen LogP contribution < -0.4 is 0 Å². The molecule has 0 aromatic carbocycles. The topological polar surface area (TPSA) is 60.9 Å². The zero-order valence-corrected chi connectivity index (χ0v) is 6.99. The normalized spacial score (nSPS) is 17.8. The van der Waals surface area contributed by atoms with Crippen LogP contribution in [-0.2, 0) is 4.79 Å². The summed E-state index contributed by atoms with van der Waals surface area (Å²) in [6.07, 6.45) is 0.818. The quantitative estimate of drug-likeness (QED) is 0.590. The number of urea groups is 1. The molecule has 68 valence electrons. The van der Waals surface area contributed by atoms with Crippen LogP contribution in [0.4, 0.5) is 4.79 Å². The standard InChI is InChI=1S/C7H12N2O3/c1-2-3-8-4-6(11)9(5-10)7(8)12/h10H,2-5H2,1H3. The second kappa shape index (κ2) is 3.53. The van der Waals surface area contributed by atoms with Crippen molar-refractivity contribution in [2.45, 2.75) is 13.3 Å². The van der Waals surface area contributed by atoms with Crippen LogP contribution in [-0.4, -0.2) is 46.7 Å². The van der Waals surface area contributed by atoms with Gasteiger partial charge in [-0.25, -0.2) is 9.69 Å². The lowest BCUT2D eigenvalue weighted by Gasteiger charge is -2.13. The zero-order chi connectivity index (χ0) is 9.14. The highest BCUT2D eigenvalue weighted by Crippen LogP contribution is 2.08. The molecule has 3 amide bonds. The summed E-state index contributed by atoms with van der Waals surface area (Å²) in [7, 11) is 0. The van der Waals surface area contributed by atoms with Crippen molar-refractivity contribution >= 4 is 11.9 Å². The number of carbonyl (C=O) groups is 2. The second-order valence-electron chi connectivity index (χ2n) is 2.67. The summed E-state index contributed by atoms with van der Waals surface area (Å²) >= 11 is 0. The predicted octanol–water partition coefficient (Wildman–Crippen LogP) is -0.390. The van der Waals surface area contributed by atoms with E-state index in [4.69, 9.17) is 5.11 Å². The molecule has 0 bridgehead atoms. The third-order valence-electron chi connectivity index (χ3n) is 1.76. The van der Waals surface area contributed by atoms with E-state index in [1.54, 1.807) is 0 Å². The van der Waals surface area contributed by atoms with Crippen LogP contribution in [0.25, 0.3) is 0 Å². The van der Waals surface area contributed by atoms with Gasteiger partial charge in [-0.3, -0.25) is 4.79 Å². The first kappa shape index (κ1) is 8.99. The summed E-state index contributed by atoms with van der Waals surface area (Å²) < 4.78 is 0. The van der Waals surface area contributed by atoms with E-state index in [0.29, 0.717) is 6.54 Å². The summed E-state index contributed by atoms with van der Waals surface area (Å²) in [4.78, 5) is 24.5. The van der Waals surface area contributed by atoms with Crippen molar-refractivity contribution in [2.75, 3.05) is 19.8 Å². The Kier molecular flexibility index (Phi) is 2.65. The van der Waals surface area contributed by atoms with E-state index in [0.717, 1.165) is 11.3 Å². The summed E-state index contributed by atoms with van der Waals surface area (Å²) in [6.45, 7) is 2.09. The number of rotatable bonds is 3. The lowest BCUT2D eigenvalue weighted by Crippen LogP contribution is -2.33. The monoisotopic (exact) mass is 172 g/mol. The Balaban J connectivity index is 2.62. The molecule has 0 radical (unpaired) electrons. The molecule has 0 aliphatic carbocycles. The Morgan fingerprint density at radius 2 is 2.17 bits per heavy atom. The molecule has 0 spiro atoms. The van der Waals surface area contributed by atoms with Gasteiger partial charge in [0.05, 0.1) is 0 Å². The number of nitrogens with zero attached hydrogens (tertiary/aromatic N) is 2. The molecule has 5 heteroatoms. The number of imide groups is 1. The molecule has 1 N–H and O–H groups in total. The molecule has 0 aromatic heterocycles. The zero-order valence-electron chi connectivity index (χ0n) is 6.99. The molecule has 0 atom stereocenters. The van der Waals surface area contributed by atoms with Crippen molar-refractivity contribution in [2.24, 2.45) is 0 Å². The van der Waals surface area contributed by atoms with Crippen LogP contribution >= 0.6 is 0 Å². The van der Waals surface area contributed by atoms with E-state index >= 15 is 0 Å². The Labute approximate surface area is 70.6 Å². The smallest absolute Gasteiger partial charge is 0.329 e. The Morgan fingerprint density at radius 1 is 1.50 bits per heavy atom. The SMILES string of the molecule is CCCN1CC(=O)N(CO)C1=O. The van der Waals surface area contributed by atoms with Crippen LogP contribution in [0.3, 0.4) is 0 Å². The van der Waals surface area contributed by atoms with Gasteiger partial charge in [-0.15, -0.1) is 0 Å². The highest BCUT2D eigenvalue weighted by atomic mass is 16.3. The fourth-order valence-corrected chi connectivity index (χ4v) is 1.18. The van der Waals surface area contributed by atoms with Crippen LogP contribution in [0.15, 0.2) is 0 Å². The largest absolute Gasteiger partial charge is 0.376 e. The number of hydrogen-bond acceptors (Lipinski definition) is 3. The Hall–Kier alpha value is -1.10. The van der Waals surface area contributed by atoms with Crippen LogP contribution in [0.2, 0.25) is 0 Å². The van der Waals surface area contributed by atoms with E-state index in [2.05, 4.69) is 0 Å². The third-order valence-corrected chi connectivity index (χ3v) is 1.76. The molecule has 0 saturated carbocycles. The van der Waals surface area contributed by atoms with E-state index in [1.807, 2.05) is 6.92 Å². The Morgan fingerprint density at radius 3 is 2.58 bits per heavy atom. The van der Waals surface area contributed by atoms with Crippen molar-refractivity contribution < 1.29 is 14.7 Å². The minimum atomic E-state index is -0.516. The minimum Gasteiger partial charge on any atom is -0.376 e. The lowest BCUT2D eigenvalue weighted by atomic mass is 10.4. The summed E-state index contributed by atoms with van der Waals surface area (Å²) in [5.41, 5.74) is 0. The highest BCUT2D eigenvalue weighted by molar-refractivity contribution is 6.01. The van der Waals surface area contributed by atoms with E-state index in [1.165, 1.54) is 4.90 Å². The maximum Gasteiger partial charge on any atom is 0.329 e. The molecule has 1 rings (SSSR count). The average molecular weight is 172 g/mol. The first-order valence-corrected chi connectivity index (χ1v) is 3.90. The fraction of sp³-hybridized carbons (Fsp3) is 0.714. The first-order chi connectivity index (χ1) is 5.70. The maximum atomic E-state index is 11.2. The van der Waals surface area contributed by atoms with Gasteiger partial charge < -0.3 is 10.0 Å². The molecule has 1 aliphatic rings. The highest BCUT2D eigenvalue weighted by Gasteiger charge is 2.34. The van der Waals surface area contributed by atoms with Crippen molar-refractivity contribution in [3.05, 3.63) is 0 Å². The van der Waals surface area contributed by atoms with Gasteiger partial charge in [0.15, 0.2) is 0 Å². The average Bonchev–Trinajstić information content (AvgIpc) is 2.29. The number of hydrogen-bond donors (Lipinski definition) is 1. The molecule has 1 saturated heterocycles. The fourth-order valence-electron chi connectivity index (χ4n) is 1.18. The van der Waals surface area contributed by atoms with Crippen LogP contribution in [0.1, 0.15) is 13.3 Å². The second-order valence-corrected chi connectivity index (χ2v) is 2.67. The number of carbonyl (C=O) groups excluding carboxylic acids is 2. The predicted molar refractivity (Wildman–Crippen MR) is 41.2 cm³/mol. The van der Waals surface area contributed by atoms with Gasteiger partial charge in [0.1, 0.15) is 13.3 Å². The molecule has 0 aromatic rings. The molecule has 0 unspecified atom stereocenters. The number of amides is 3. The van der Waals surface area contributed by atoms with Gasteiger partial charge in [0, 0.05) is 6.54 Å². The number of aliphatic hydroxyl groups excluding tert-OH is 1. The van der Waals surface area contributed by atoms with Gasteiger partial charge in [-0.1, -0.05) is 6.92 Å². The van der Waals surface area contributed by atoms with Crippen LogP contribution in [0, 0.1) is 0 Å². The van der Waals surface area contributed by atoms with Gasteiger partial charge in [-0.2, -0.15) is 0 Å². The molecular weight excluding hydrogens is 160 g/mol. The number of aliphatic hydroxyl groups is 1. The summed E-state index contributed by atoms with van der Waals surface area (Å²) in [5, 5.41) is 8.65. The summed E-state index contributed by atoms with van der Waals surface area (Å²) in [5.74, 6) is -0.323. The summed E-state index contributed by atoms with van der Waals surface area (Å²) in [6, 6.07) is -0.385. The lowest BCUT2D eigenvalue weighted by molar-refractivity contribution is -0.127. The van der Waals surface area contributed by atoms with Crippen molar-refractivity contribution in [3.63, 3.8) is 0 Å². The van der Waals surface area contributed by atoms with Gasteiger partial charge in [0.2, 0.25) is 0 Å². The van der Waals surface area contributed by atoms with E-state index in [-0.39, 0.29) is 18.5 Å². The molecule has 1 fully saturated rings. The molecular formula is C7H12N2O3.